The maximum Gasteiger partial charge on any atom is 0.253 e. The summed E-state index contributed by atoms with van der Waals surface area (Å²) >= 11 is 6.57. The molecule has 34 heavy (non-hydrogen) atoms. The second-order valence-corrected chi connectivity index (χ2v) is 8.27. The predicted octanol–water partition coefficient (Wildman–Crippen LogP) is 5.51. The standard InChI is InChI=1S/C26H22ClN5O2/c1-17(30-19-6-4-7-21(14-19)32-12-11-28-16-32)22-13-18-8-9-23(24(27)25(18)31-26(22)33)34-15-20-5-2-3-10-29-20/h2-14,16-17,30H,15H2,1H3,(H,31,33)/t17-/m0/s1. The van der Waals surface area contributed by atoms with Crippen LogP contribution in [0.2, 0.25) is 5.02 Å². The number of hydrogen-bond acceptors (Lipinski definition) is 5. The van der Waals surface area contributed by atoms with Crippen molar-refractivity contribution in [3.63, 3.8) is 0 Å². The van der Waals surface area contributed by atoms with E-state index >= 15 is 0 Å². The molecule has 8 heteroatoms. The van der Waals surface area contributed by atoms with Crippen LogP contribution in [0, 0.1) is 0 Å². The molecule has 2 aromatic carbocycles. The molecule has 1 atom stereocenters. The smallest absolute Gasteiger partial charge is 0.253 e. The van der Waals surface area contributed by atoms with E-state index in [1.165, 1.54) is 0 Å². The summed E-state index contributed by atoms with van der Waals surface area (Å²) in [6.45, 7) is 2.24. The van der Waals surface area contributed by atoms with Crippen molar-refractivity contribution in [3.8, 4) is 11.4 Å². The zero-order chi connectivity index (χ0) is 23.5. The first-order valence-electron chi connectivity index (χ1n) is 10.8. The Kier molecular flexibility index (Phi) is 6.01. The highest BCUT2D eigenvalue weighted by Crippen LogP contribution is 2.32. The molecule has 3 heterocycles. The lowest BCUT2D eigenvalue weighted by Crippen LogP contribution is -2.19. The molecule has 170 valence electrons. The van der Waals surface area contributed by atoms with Gasteiger partial charge in [-0.3, -0.25) is 9.78 Å². The number of halogens is 1. The molecule has 0 aliphatic heterocycles. The van der Waals surface area contributed by atoms with E-state index in [-0.39, 0.29) is 18.2 Å². The number of benzene rings is 2. The molecule has 0 radical (unpaired) electrons. The number of rotatable bonds is 7. The molecule has 0 saturated heterocycles. The minimum absolute atomic E-state index is 0.206. The number of nitrogens with one attached hydrogen (secondary N) is 2. The van der Waals surface area contributed by atoms with Gasteiger partial charge in [-0.1, -0.05) is 23.7 Å². The van der Waals surface area contributed by atoms with E-state index in [4.69, 9.17) is 16.3 Å². The molecule has 0 spiro atoms. The highest BCUT2D eigenvalue weighted by atomic mass is 35.5. The van der Waals surface area contributed by atoms with E-state index in [1.54, 1.807) is 18.7 Å². The van der Waals surface area contributed by atoms with Crippen LogP contribution in [0.5, 0.6) is 5.75 Å². The fourth-order valence-corrected chi connectivity index (χ4v) is 4.08. The maximum atomic E-state index is 12.9. The van der Waals surface area contributed by atoms with Gasteiger partial charge in [0.2, 0.25) is 0 Å². The van der Waals surface area contributed by atoms with E-state index < -0.39 is 0 Å². The van der Waals surface area contributed by atoms with E-state index in [0.717, 1.165) is 22.5 Å². The Labute approximate surface area is 201 Å². The van der Waals surface area contributed by atoms with Gasteiger partial charge in [-0.25, -0.2) is 4.98 Å². The fourth-order valence-electron chi connectivity index (χ4n) is 3.80. The molecule has 0 fully saturated rings. The van der Waals surface area contributed by atoms with Crippen molar-refractivity contribution in [2.45, 2.75) is 19.6 Å². The second kappa shape index (κ2) is 9.41. The van der Waals surface area contributed by atoms with Crippen LogP contribution in [0.15, 0.2) is 90.4 Å². The predicted molar refractivity (Wildman–Crippen MR) is 134 cm³/mol. The summed E-state index contributed by atoms with van der Waals surface area (Å²) in [4.78, 5) is 24.2. The third-order valence-electron chi connectivity index (χ3n) is 5.55. The van der Waals surface area contributed by atoms with Crippen molar-refractivity contribution in [1.82, 2.24) is 19.5 Å². The third-order valence-corrected chi connectivity index (χ3v) is 5.93. The molecule has 0 amide bonds. The third kappa shape index (κ3) is 4.51. The van der Waals surface area contributed by atoms with Gasteiger partial charge in [-0.2, -0.15) is 0 Å². The molecular weight excluding hydrogens is 450 g/mol. The van der Waals surface area contributed by atoms with Crippen LogP contribution in [0.1, 0.15) is 24.2 Å². The molecule has 5 rings (SSSR count). The van der Waals surface area contributed by atoms with Gasteiger partial charge in [0.05, 0.1) is 23.6 Å². The SMILES string of the molecule is C[C@H](Nc1cccc(-n2ccnc2)c1)c1cc2ccc(OCc3ccccn3)c(Cl)c2[nH]c1=O. The zero-order valence-electron chi connectivity index (χ0n) is 18.4. The number of aromatic amines is 1. The van der Waals surface area contributed by atoms with Crippen molar-refractivity contribution in [3.05, 3.63) is 112 Å². The molecule has 0 unspecified atom stereocenters. The largest absolute Gasteiger partial charge is 0.486 e. The van der Waals surface area contributed by atoms with Crippen LogP contribution in [0.4, 0.5) is 5.69 Å². The lowest BCUT2D eigenvalue weighted by molar-refractivity contribution is 0.302. The number of aromatic nitrogens is 4. The van der Waals surface area contributed by atoms with Gasteiger partial charge >= 0.3 is 0 Å². The number of pyridine rings is 2. The van der Waals surface area contributed by atoms with Gasteiger partial charge in [0.25, 0.3) is 5.56 Å². The van der Waals surface area contributed by atoms with Crippen molar-refractivity contribution in [2.24, 2.45) is 0 Å². The van der Waals surface area contributed by atoms with Gasteiger partial charge < -0.3 is 19.6 Å². The van der Waals surface area contributed by atoms with Crippen molar-refractivity contribution in [1.29, 1.82) is 0 Å². The second-order valence-electron chi connectivity index (χ2n) is 7.89. The highest BCUT2D eigenvalue weighted by molar-refractivity contribution is 6.36. The van der Waals surface area contributed by atoms with E-state index in [1.807, 2.05) is 78.4 Å². The van der Waals surface area contributed by atoms with Crippen LogP contribution in [0.25, 0.3) is 16.6 Å². The Morgan fingerprint density at radius 1 is 1.12 bits per heavy atom. The number of nitrogens with zero attached hydrogens (tertiary/aromatic N) is 3. The van der Waals surface area contributed by atoms with E-state index in [9.17, 15) is 4.79 Å². The van der Waals surface area contributed by atoms with E-state index in [0.29, 0.717) is 21.9 Å². The quantitative estimate of drug-likeness (QED) is 0.326. The molecule has 7 nitrogen and oxygen atoms in total. The van der Waals surface area contributed by atoms with Gasteiger partial charge in [0.1, 0.15) is 17.4 Å². The van der Waals surface area contributed by atoms with Crippen LogP contribution < -0.4 is 15.6 Å². The Hall–Kier alpha value is -4.10. The Morgan fingerprint density at radius 3 is 2.82 bits per heavy atom. The molecule has 0 aliphatic rings. The van der Waals surface area contributed by atoms with Crippen LogP contribution in [-0.2, 0) is 6.61 Å². The molecule has 0 bridgehead atoms. The lowest BCUT2D eigenvalue weighted by Gasteiger charge is -2.17. The number of H-pyrrole nitrogens is 1. The fraction of sp³-hybridized carbons (Fsp3) is 0.115. The van der Waals surface area contributed by atoms with Crippen LogP contribution >= 0.6 is 11.6 Å². The summed E-state index contributed by atoms with van der Waals surface area (Å²) in [6.07, 6.45) is 7.07. The molecule has 5 aromatic rings. The Bertz CT molecular complexity index is 1480. The van der Waals surface area contributed by atoms with Gasteiger partial charge in [-0.05, 0) is 55.5 Å². The number of hydrogen-bond donors (Lipinski definition) is 2. The van der Waals surface area contributed by atoms with Crippen molar-refractivity contribution in [2.75, 3.05) is 5.32 Å². The summed E-state index contributed by atoms with van der Waals surface area (Å²) in [5.74, 6) is 0.491. The topological polar surface area (TPSA) is 84.8 Å². The summed E-state index contributed by atoms with van der Waals surface area (Å²) in [6, 6.07) is 18.9. The molecule has 0 aliphatic carbocycles. The van der Waals surface area contributed by atoms with Gasteiger partial charge in [0.15, 0.2) is 0 Å². The minimum atomic E-state index is -0.231. The number of ether oxygens (including phenoxy) is 1. The van der Waals surface area contributed by atoms with Gasteiger partial charge in [-0.15, -0.1) is 0 Å². The first-order chi connectivity index (χ1) is 16.6. The summed E-state index contributed by atoms with van der Waals surface area (Å²) < 4.78 is 7.76. The molecule has 2 N–H and O–H groups in total. The molecular formula is C26H22ClN5O2. The van der Waals surface area contributed by atoms with Crippen molar-refractivity contribution >= 4 is 28.2 Å². The van der Waals surface area contributed by atoms with Crippen molar-refractivity contribution < 1.29 is 4.74 Å². The monoisotopic (exact) mass is 471 g/mol. The summed E-state index contributed by atoms with van der Waals surface area (Å²) in [5.41, 5.74) is 3.62. The van der Waals surface area contributed by atoms with Gasteiger partial charge in [0, 0.05) is 40.9 Å². The van der Waals surface area contributed by atoms with Crippen LogP contribution in [-0.4, -0.2) is 19.5 Å². The summed E-state index contributed by atoms with van der Waals surface area (Å²) in [7, 11) is 0. The minimum Gasteiger partial charge on any atom is -0.486 e. The lowest BCUT2D eigenvalue weighted by atomic mass is 10.1. The normalized spacial score (nSPS) is 11.9. The maximum absolute atomic E-state index is 12.9. The number of imidazole rings is 1. The molecule has 0 saturated carbocycles. The van der Waals surface area contributed by atoms with Crippen LogP contribution in [0.3, 0.4) is 0 Å². The first-order valence-corrected chi connectivity index (χ1v) is 11.2. The Morgan fingerprint density at radius 2 is 2.03 bits per heavy atom. The Balaban J connectivity index is 1.38. The average molecular weight is 472 g/mol. The zero-order valence-corrected chi connectivity index (χ0v) is 19.2. The highest BCUT2D eigenvalue weighted by Gasteiger charge is 2.15. The number of fused-ring (bicyclic) bond motifs is 1. The molecule has 3 aromatic heterocycles. The first kappa shape index (κ1) is 21.7. The van der Waals surface area contributed by atoms with E-state index in [2.05, 4.69) is 20.3 Å². The summed E-state index contributed by atoms with van der Waals surface area (Å²) in [5, 5.41) is 4.60. The average Bonchev–Trinajstić information content (AvgIpc) is 3.40. The number of anilines is 1.